The molecule has 1 amide bonds. The van der Waals surface area contributed by atoms with E-state index in [2.05, 4.69) is 58.8 Å². The maximum Gasteiger partial charge on any atom is 0.226 e. The summed E-state index contributed by atoms with van der Waals surface area (Å²) < 4.78 is 2.25. The van der Waals surface area contributed by atoms with E-state index in [0.29, 0.717) is 23.1 Å². The summed E-state index contributed by atoms with van der Waals surface area (Å²) in [5.74, 6) is -0.0372. The highest BCUT2D eigenvalue weighted by atomic mass is 35.5. The minimum absolute atomic E-state index is 0.0372. The third-order valence-corrected chi connectivity index (χ3v) is 8.41. The molecular formula is C32H34ClN5OS. The molecule has 2 N–H and O–H groups in total. The Balaban J connectivity index is 1.50. The molecule has 2 aromatic carbocycles. The molecule has 6 nitrogen and oxygen atoms in total. The number of thiocarbonyl (C=S) groups is 1. The van der Waals surface area contributed by atoms with E-state index in [1.54, 1.807) is 6.20 Å². The number of anilines is 1. The van der Waals surface area contributed by atoms with Crippen molar-refractivity contribution in [3.63, 3.8) is 0 Å². The molecule has 4 aromatic rings. The van der Waals surface area contributed by atoms with Crippen molar-refractivity contribution in [2.75, 3.05) is 11.9 Å². The summed E-state index contributed by atoms with van der Waals surface area (Å²) in [5.41, 5.74) is 8.51. The Bertz CT molecular complexity index is 1550. The Kier molecular flexibility index (Phi) is 8.24. The SMILES string of the molecule is CCc1ccccc1NC(=O)CCN1C(=S)N[C@@H](c2ccccn2)[C@@H]1c1c(C)c(C)n(-c2cccc(Cl)c2)c1C. The van der Waals surface area contributed by atoms with E-state index in [-0.39, 0.29) is 18.0 Å². The lowest BCUT2D eigenvalue weighted by atomic mass is 9.93. The van der Waals surface area contributed by atoms with E-state index in [9.17, 15) is 4.79 Å². The molecule has 0 unspecified atom stereocenters. The Morgan fingerprint density at radius 1 is 1.05 bits per heavy atom. The van der Waals surface area contributed by atoms with E-state index in [4.69, 9.17) is 23.8 Å². The smallest absolute Gasteiger partial charge is 0.226 e. The first-order valence-electron chi connectivity index (χ1n) is 13.6. The third-order valence-electron chi connectivity index (χ3n) is 7.82. The van der Waals surface area contributed by atoms with Crippen LogP contribution in [0.25, 0.3) is 5.69 Å². The fourth-order valence-corrected chi connectivity index (χ4v) is 6.31. The second-order valence-corrected chi connectivity index (χ2v) is 11.0. The van der Waals surface area contributed by atoms with Crippen LogP contribution in [0.15, 0.2) is 72.9 Å². The van der Waals surface area contributed by atoms with Crippen molar-refractivity contribution in [1.82, 2.24) is 19.8 Å². The zero-order valence-corrected chi connectivity index (χ0v) is 24.8. The van der Waals surface area contributed by atoms with Crippen molar-refractivity contribution in [2.24, 2.45) is 0 Å². The molecule has 0 aliphatic carbocycles. The zero-order valence-electron chi connectivity index (χ0n) is 23.2. The van der Waals surface area contributed by atoms with E-state index < -0.39 is 0 Å². The van der Waals surface area contributed by atoms with Gasteiger partial charge in [-0.05, 0) is 86.9 Å². The van der Waals surface area contributed by atoms with E-state index in [1.807, 2.05) is 60.7 Å². The molecule has 1 aliphatic rings. The van der Waals surface area contributed by atoms with Crippen molar-refractivity contribution >= 4 is 40.5 Å². The zero-order chi connectivity index (χ0) is 28.4. The van der Waals surface area contributed by atoms with E-state index >= 15 is 0 Å². The summed E-state index contributed by atoms with van der Waals surface area (Å²) in [7, 11) is 0. The normalized spacial score (nSPS) is 16.7. The van der Waals surface area contributed by atoms with Gasteiger partial charge in [0.2, 0.25) is 5.91 Å². The fourth-order valence-electron chi connectivity index (χ4n) is 5.79. The number of hydrogen-bond donors (Lipinski definition) is 2. The second-order valence-electron chi connectivity index (χ2n) is 10.2. The number of benzene rings is 2. The average molecular weight is 572 g/mol. The molecule has 2 atom stereocenters. The molecular weight excluding hydrogens is 538 g/mol. The highest BCUT2D eigenvalue weighted by molar-refractivity contribution is 7.80. The summed E-state index contributed by atoms with van der Waals surface area (Å²) in [5, 5.41) is 7.94. The molecule has 206 valence electrons. The van der Waals surface area contributed by atoms with Gasteiger partial charge in [-0.25, -0.2) is 0 Å². The van der Waals surface area contributed by atoms with Gasteiger partial charge in [0.1, 0.15) is 0 Å². The quantitative estimate of drug-likeness (QED) is 0.223. The van der Waals surface area contributed by atoms with Crippen LogP contribution in [0, 0.1) is 20.8 Å². The summed E-state index contributed by atoms with van der Waals surface area (Å²) in [6.07, 6.45) is 2.96. The standard InChI is InChI=1S/C32H34ClN5OS/c1-5-23-11-6-7-14-26(23)35-28(39)16-18-37-31(30(36-32(37)40)27-15-8-9-17-34-27)29-20(2)21(3)38(22(29)4)25-13-10-12-24(33)19-25/h6-15,17,19,30-31H,5,16,18H2,1-4H3,(H,35,39)(H,36,40)/t30-,31-/m0/s1. The number of aromatic nitrogens is 2. The van der Waals surface area contributed by atoms with Crippen LogP contribution in [0.4, 0.5) is 5.69 Å². The van der Waals surface area contributed by atoms with Gasteiger partial charge in [0.05, 0.1) is 17.8 Å². The number of pyridine rings is 1. The highest BCUT2D eigenvalue weighted by Crippen LogP contribution is 2.43. The average Bonchev–Trinajstić information content (AvgIpc) is 3.39. The Morgan fingerprint density at radius 2 is 1.82 bits per heavy atom. The van der Waals surface area contributed by atoms with Crippen LogP contribution >= 0.6 is 23.8 Å². The number of rotatable bonds is 8. The van der Waals surface area contributed by atoms with Gasteiger partial charge in [-0.2, -0.15) is 0 Å². The van der Waals surface area contributed by atoms with Crippen LogP contribution in [0.5, 0.6) is 0 Å². The molecule has 1 fully saturated rings. The topological polar surface area (TPSA) is 62.2 Å². The van der Waals surface area contributed by atoms with Crippen molar-refractivity contribution in [3.8, 4) is 5.69 Å². The van der Waals surface area contributed by atoms with Gasteiger partial charge in [0.15, 0.2) is 5.11 Å². The number of para-hydroxylation sites is 1. The largest absolute Gasteiger partial charge is 0.352 e. The Morgan fingerprint density at radius 3 is 2.55 bits per heavy atom. The molecule has 0 bridgehead atoms. The molecule has 3 heterocycles. The predicted molar refractivity (Wildman–Crippen MR) is 166 cm³/mol. The van der Waals surface area contributed by atoms with E-state index in [0.717, 1.165) is 40.4 Å². The van der Waals surface area contributed by atoms with Crippen LogP contribution in [0.3, 0.4) is 0 Å². The van der Waals surface area contributed by atoms with Crippen LogP contribution < -0.4 is 10.6 Å². The lowest BCUT2D eigenvalue weighted by Crippen LogP contribution is -2.33. The minimum Gasteiger partial charge on any atom is -0.352 e. The summed E-state index contributed by atoms with van der Waals surface area (Å²) in [4.78, 5) is 19.9. The molecule has 1 aliphatic heterocycles. The molecule has 8 heteroatoms. The van der Waals surface area contributed by atoms with Gasteiger partial charge in [0, 0.05) is 52.5 Å². The third kappa shape index (κ3) is 5.36. The number of hydrogen-bond acceptors (Lipinski definition) is 3. The van der Waals surface area contributed by atoms with Gasteiger partial charge in [-0.15, -0.1) is 0 Å². The molecule has 5 rings (SSSR count). The van der Waals surface area contributed by atoms with E-state index in [1.165, 1.54) is 11.1 Å². The summed E-state index contributed by atoms with van der Waals surface area (Å²) >= 11 is 12.3. The Hall–Kier alpha value is -3.68. The predicted octanol–water partition coefficient (Wildman–Crippen LogP) is 7.01. The molecule has 40 heavy (non-hydrogen) atoms. The Labute approximate surface area is 246 Å². The van der Waals surface area contributed by atoms with Gasteiger partial charge in [-0.3, -0.25) is 9.78 Å². The molecule has 1 saturated heterocycles. The number of amides is 1. The maximum atomic E-state index is 13.1. The maximum absolute atomic E-state index is 13.1. The number of nitrogens with zero attached hydrogens (tertiary/aromatic N) is 3. The first-order valence-corrected chi connectivity index (χ1v) is 14.4. The number of carbonyl (C=O) groups excluding carboxylic acids is 1. The number of halogens is 1. The first kappa shape index (κ1) is 27.9. The first-order chi connectivity index (χ1) is 19.3. The van der Waals surface area contributed by atoms with Crippen LogP contribution in [-0.4, -0.2) is 32.0 Å². The number of aryl methyl sites for hydroxylation is 1. The molecule has 0 spiro atoms. The highest BCUT2D eigenvalue weighted by Gasteiger charge is 2.42. The van der Waals surface area contributed by atoms with Crippen LogP contribution in [0.2, 0.25) is 5.02 Å². The summed E-state index contributed by atoms with van der Waals surface area (Å²) in [6.45, 7) is 8.98. The van der Waals surface area contributed by atoms with Crippen molar-refractivity contribution in [3.05, 3.63) is 112 Å². The van der Waals surface area contributed by atoms with Gasteiger partial charge in [0.25, 0.3) is 0 Å². The van der Waals surface area contributed by atoms with Crippen molar-refractivity contribution in [1.29, 1.82) is 0 Å². The van der Waals surface area contributed by atoms with Crippen molar-refractivity contribution in [2.45, 2.75) is 52.6 Å². The fraction of sp³-hybridized carbons (Fsp3) is 0.281. The van der Waals surface area contributed by atoms with Crippen LogP contribution in [0.1, 0.15) is 59.2 Å². The van der Waals surface area contributed by atoms with Crippen LogP contribution in [-0.2, 0) is 11.2 Å². The minimum atomic E-state index is -0.162. The lowest BCUT2D eigenvalue weighted by Gasteiger charge is -2.29. The molecule has 2 aromatic heterocycles. The van der Waals surface area contributed by atoms with Gasteiger partial charge < -0.3 is 20.1 Å². The number of carbonyl (C=O) groups is 1. The number of nitrogens with one attached hydrogen (secondary N) is 2. The molecule has 0 saturated carbocycles. The lowest BCUT2D eigenvalue weighted by molar-refractivity contribution is -0.116. The second kappa shape index (κ2) is 11.8. The van der Waals surface area contributed by atoms with Gasteiger partial charge in [-0.1, -0.05) is 48.9 Å². The monoisotopic (exact) mass is 571 g/mol. The summed E-state index contributed by atoms with van der Waals surface area (Å²) in [6, 6.07) is 21.5. The van der Waals surface area contributed by atoms with Crippen molar-refractivity contribution < 1.29 is 4.79 Å². The molecule has 0 radical (unpaired) electrons. The van der Waals surface area contributed by atoms with Gasteiger partial charge >= 0.3 is 0 Å².